The summed E-state index contributed by atoms with van der Waals surface area (Å²) in [4.78, 5) is 0. The fourth-order valence-corrected chi connectivity index (χ4v) is 1.81. The Morgan fingerprint density at radius 3 is 2.78 bits per heavy atom. The van der Waals surface area contributed by atoms with Crippen LogP contribution in [0.25, 0.3) is 0 Å². The van der Waals surface area contributed by atoms with Crippen molar-refractivity contribution in [1.29, 1.82) is 0 Å². The minimum atomic E-state index is 0.463. The first kappa shape index (κ1) is 15.1. The van der Waals surface area contributed by atoms with Gasteiger partial charge in [-0.25, -0.2) is 0 Å². The van der Waals surface area contributed by atoms with Crippen LogP contribution in [0.1, 0.15) is 20.3 Å². The van der Waals surface area contributed by atoms with Crippen LogP contribution in [0.3, 0.4) is 0 Å². The van der Waals surface area contributed by atoms with Gasteiger partial charge in [-0.1, -0.05) is 25.4 Å². The molecule has 0 fully saturated rings. The van der Waals surface area contributed by atoms with Crippen molar-refractivity contribution in [2.24, 2.45) is 5.92 Å². The molecule has 1 N–H and O–H groups in total. The van der Waals surface area contributed by atoms with E-state index in [1.165, 1.54) is 0 Å². The second-order valence-corrected chi connectivity index (χ2v) is 4.84. The molecule has 1 atom stereocenters. The lowest BCUT2D eigenvalue weighted by Crippen LogP contribution is -2.15. The number of rotatable bonds is 8. The van der Waals surface area contributed by atoms with Gasteiger partial charge in [-0.2, -0.15) is 0 Å². The van der Waals surface area contributed by atoms with Crippen LogP contribution in [0.5, 0.6) is 5.75 Å². The maximum Gasteiger partial charge on any atom is 0.138 e. The van der Waals surface area contributed by atoms with E-state index in [0.717, 1.165) is 31.0 Å². The summed E-state index contributed by atoms with van der Waals surface area (Å²) in [7, 11) is 1.72. The standard InChI is InChI=1S/C14H22ClNO2/c1-4-7-18-14-6-5-12(8-13(14)15)16-9-11(2)10-17-3/h5-6,8,11,16H,4,7,9-10H2,1-3H3. The molecule has 1 unspecified atom stereocenters. The number of hydrogen-bond donors (Lipinski definition) is 1. The highest BCUT2D eigenvalue weighted by Crippen LogP contribution is 2.27. The summed E-state index contributed by atoms with van der Waals surface area (Å²) < 4.78 is 10.6. The Balaban J connectivity index is 2.50. The van der Waals surface area contributed by atoms with Gasteiger partial charge in [0.2, 0.25) is 0 Å². The van der Waals surface area contributed by atoms with Gasteiger partial charge in [0, 0.05) is 19.3 Å². The molecule has 1 rings (SSSR count). The minimum absolute atomic E-state index is 0.463. The zero-order valence-corrected chi connectivity index (χ0v) is 12.1. The van der Waals surface area contributed by atoms with E-state index in [2.05, 4.69) is 19.2 Å². The average Bonchev–Trinajstić information content (AvgIpc) is 2.35. The first-order chi connectivity index (χ1) is 8.67. The van der Waals surface area contributed by atoms with Crippen LogP contribution in [-0.4, -0.2) is 26.9 Å². The third-order valence-electron chi connectivity index (χ3n) is 2.50. The number of halogens is 1. The number of anilines is 1. The Kier molecular flexibility index (Phi) is 6.91. The zero-order valence-electron chi connectivity index (χ0n) is 11.3. The van der Waals surface area contributed by atoms with Crippen LogP contribution in [0.4, 0.5) is 5.69 Å². The molecule has 0 saturated heterocycles. The van der Waals surface area contributed by atoms with Crippen LogP contribution in [0, 0.1) is 5.92 Å². The van der Waals surface area contributed by atoms with Gasteiger partial charge in [0.05, 0.1) is 18.2 Å². The van der Waals surface area contributed by atoms with Crippen molar-refractivity contribution >= 4 is 17.3 Å². The van der Waals surface area contributed by atoms with Gasteiger partial charge in [-0.15, -0.1) is 0 Å². The molecular weight excluding hydrogens is 250 g/mol. The Labute approximate surface area is 114 Å². The molecule has 18 heavy (non-hydrogen) atoms. The molecule has 0 heterocycles. The highest BCUT2D eigenvalue weighted by molar-refractivity contribution is 6.32. The Hall–Kier alpha value is -0.930. The molecule has 1 aromatic rings. The van der Waals surface area contributed by atoms with Gasteiger partial charge in [0.15, 0.2) is 0 Å². The smallest absolute Gasteiger partial charge is 0.138 e. The highest BCUT2D eigenvalue weighted by Gasteiger charge is 2.04. The van der Waals surface area contributed by atoms with Gasteiger partial charge in [0.25, 0.3) is 0 Å². The Morgan fingerprint density at radius 2 is 2.17 bits per heavy atom. The molecule has 4 heteroatoms. The molecule has 0 radical (unpaired) electrons. The van der Waals surface area contributed by atoms with Crippen molar-refractivity contribution < 1.29 is 9.47 Å². The molecular formula is C14H22ClNO2. The SMILES string of the molecule is CCCOc1ccc(NCC(C)COC)cc1Cl. The molecule has 3 nitrogen and oxygen atoms in total. The third kappa shape index (κ3) is 5.15. The number of methoxy groups -OCH3 is 1. The Morgan fingerprint density at radius 1 is 1.39 bits per heavy atom. The second-order valence-electron chi connectivity index (χ2n) is 4.44. The predicted molar refractivity (Wildman–Crippen MR) is 76.8 cm³/mol. The first-order valence-electron chi connectivity index (χ1n) is 6.32. The van der Waals surface area contributed by atoms with E-state index in [0.29, 0.717) is 17.5 Å². The molecule has 0 aliphatic carbocycles. The number of hydrogen-bond acceptors (Lipinski definition) is 3. The maximum absolute atomic E-state index is 6.15. The molecule has 1 aromatic carbocycles. The summed E-state index contributed by atoms with van der Waals surface area (Å²) in [6.07, 6.45) is 0.977. The van der Waals surface area contributed by atoms with Gasteiger partial charge >= 0.3 is 0 Å². The quantitative estimate of drug-likeness (QED) is 0.780. The van der Waals surface area contributed by atoms with Crippen LogP contribution in [0.15, 0.2) is 18.2 Å². The summed E-state index contributed by atoms with van der Waals surface area (Å²) in [6.45, 7) is 6.51. The second kappa shape index (κ2) is 8.22. The Bertz CT molecular complexity index is 358. The van der Waals surface area contributed by atoms with Gasteiger partial charge < -0.3 is 14.8 Å². The molecule has 0 saturated carbocycles. The zero-order chi connectivity index (χ0) is 13.4. The average molecular weight is 272 g/mol. The van der Waals surface area contributed by atoms with Crippen molar-refractivity contribution in [3.8, 4) is 5.75 Å². The van der Waals surface area contributed by atoms with Crippen LogP contribution in [0.2, 0.25) is 5.02 Å². The van der Waals surface area contributed by atoms with Crippen molar-refractivity contribution in [2.75, 3.05) is 32.2 Å². The van der Waals surface area contributed by atoms with E-state index in [1.54, 1.807) is 7.11 Å². The number of benzene rings is 1. The molecule has 0 amide bonds. The molecule has 0 aliphatic rings. The first-order valence-corrected chi connectivity index (χ1v) is 6.70. The summed E-state index contributed by atoms with van der Waals surface area (Å²) in [5, 5.41) is 3.98. The van der Waals surface area contributed by atoms with Crippen LogP contribution < -0.4 is 10.1 Å². The summed E-state index contributed by atoms with van der Waals surface area (Å²) in [5.74, 6) is 1.21. The monoisotopic (exact) mass is 271 g/mol. The van der Waals surface area contributed by atoms with E-state index >= 15 is 0 Å². The summed E-state index contributed by atoms with van der Waals surface area (Å²) in [5.41, 5.74) is 1.01. The number of ether oxygens (including phenoxy) is 2. The molecule has 0 aliphatic heterocycles. The van der Waals surface area contributed by atoms with E-state index in [1.807, 2.05) is 18.2 Å². The minimum Gasteiger partial charge on any atom is -0.492 e. The largest absolute Gasteiger partial charge is 0.492 e. The molecule has 102 valence electrons. The molecule has 0 spiro atoms. The van der Waals surface area contributed by atoms with Crippen LogP contribution in [-0.2, 0) is 4.74 Å². The van der Waals surface area contributed by atoms with E-state index in [4.69, 9.17) is 21.1 Å². The van der Waals surface area contributed by atoms with E-state index in [-0.39, 0.29) is 0 Å². The van der Waals surface area contributed by atoms with Gasteiger partial charge in [-0.05, 0) is 30.5 Å². The fraction of sp³-hybridized carbons (Fsp3) is 0.571. The molecule has 0 aromatic heterocycles. The van der Waals surface area contributed by atoms with E-state index in [9.17, 15) is 0 Å². The maximum atomic E-state index is 6.15. The van der Waals surface area contributed by atoms with E-state index < -0.39 is 0 Å². The lowest BCUT2D eigenvalue weighted by Gasteiger charge is -2.14. The lowest BCUT2D eigenvalue weighted by molar-refractivity contribution is 0.164. The van der Waals surface area contributed by atoms with Crippen molar-refractivity contribution in [2.45, 2.75) is 20.3 Å². The summed E-state index contributed by atoms with van der Waals surface area (Å²) >= 11 is 6.15. The topological polar surface area (TPSA) is 30.5 Å². The fourth-order valence-electron chi connectivity index (χ4n) is 1.58. The van der Waals surface area contributed by atoms with Gasteiger partial charge in [-0.3, -0.25) is 0 Å². The van der Waals surface area contributed by atoms with Crippen LogP contribution >= 0.6 is 11.6 Å². The number of nitrogens with one attached hydrogen (secondary N) is 1. The highest BCUT2D eigenvalue weighted by atomic mass is 35.5. The van der Waals surface area contributed by atoms with Crippen molar-refractivity contribution in [1.82, 2.24) is 0 Å². The van der Waals surface area contributed by atoms with Gasteiger partial charge in [0.1, 0.15) is 5.75 Å². The normalized spacial score (nSPS) is 12.2. The van der Waals surface area contributed by atoms with Crippen molar-refractivity contribution in [3.05, 3.63) is 23.2 Å². The molecule has 0 bridgehead atoms. The predicted octanol–water partition coefficient (Wildman–Crippen LogP) is 3.82. The lowest BCUT2D eigenvalue weighted by atomic mass is 10.2. The third-order valence-corrected chi connectivity index (χ3v) is 2.79. The van der Waals surface area contributed by atoms with Crippen molar-refractivity contribution in [3.63, 3.8) is 0 Å². The summed E-state index contributed by atoms with van der Waals surface area (Å²) in [6, 6.07) is 5.78.